The normalized spacial score (nSPS) is 19.9. The van der Waals surface area contributed by atoms with Crippen molar-refractivity contribution in [2.45, 2.75) is 24.5 Å². The predicted molar refractivity (Wildman–Crippen MR) is 69.8 cm³/mol. The molecule has 2 heterocycles. The molecule has 1 unspecified atom stereocenters. The minimum Gasteiger partial charge on any atom is -0.478 e. The van der Waals surface area contributed by atoms with Crippen molar-refractivity contribution in [3.63, 3.8) is 0 Å². The largest absolute Gasteiger partial charge is 0.478 e. The number of nitrogens with zero attached hydrogens (tertiary/aromatic N) is 1. The summed E-state index contributed by atoms with van der Waals surface area (Å²) in [6.45, 7) is 0.828. The summed E-state index contributed by atoms with van der Waals surface area (Å²) in [6.07, 6.45) is 6.80. The third-order valence-corrected chi connectivity index (χ3v) is 4.24. The van der Waals surface area contributed by atoms with Crippen LogP contribution in [0.15, 0.2) is 18.5 Å². The van der Waals surface area contributed by atoms with E-state index in [2.05, 4.69) is 10.3 Å². The first-order valence-electron chi connectivity index (χ1n) is 5.80. The number of anilines is 1. The number of carbonyl (C=O) groups is 1. The van der Waals surface area contributed by atoms with Crippen molar-refractivity contribution in [2.75, 3.05) is 17.6 Å². The van der Waals surface area contributed by atoms with Crippen LogP contribution in [0.4, 0.5) is 5.69 Å². The van der Waals surface area contributed by atoms with Crippen LogP contribution in [-0.2, 0) is 0 Å². The van der Waals surface area contributed by atoms with Gasteiger partial charge in [0.2, 0.25) is 0 Å². The van der Waals surface area contributed by atoms with Gasteiger partial charge in [-0.3, -0.25) is 4.98 Å². The lowest BCUT2D eigenvalue weighted by atomic mass is 10.2. The molecule has 4 nitrogen and oxygen atoms in total. The summed E-state index contributed by atoms with van der Waals surface area (Å²) in [4.78, 5) is 14.8. The molecule has 2 rings (SSSR count). The maximum atomic E-state index is 11.0. The lowest BCUT2D eigenvalue weighted by molar-refractivity contribution is 0.0697. The maximum Gasteiger partial charge on any atom is 0.339 e. The second kappa shape index (κ2) is 5.91. The third-order valence-electron chi connectivity index (χ3n) is 2.85. The molecule has 5 heteroatoms. The highest BCUT2D eigenvalue weighted by atomic mass is 32.2. The summed E-state index contributed by atoms with van der Waals surface area (Å²) in [7, 11) is 0. The van der Waals surface area contributed by atoms with E-state index in [1.165, 1.54) is 31.2 Å². The zero-order valence-electron chi connectivity index (χ0n) is 9.56. The van der Waals surface area contributed by atoms with Crippen LogP contribution in [0.1, 0.15) is 29.6 Å². The van der Waals surface area contributed by atoms with Crippen LogP contribution in [0.5, 0.6) is 0 Å². The smallest absolute Gasteiger partial charge is 0.339 e. The minimum absolute atomic E-state index is 0.244. The Bertz CT molecular complexity index is 392. The van der Waals surface area contributed by atoms with E-state index in [-0.39, 0.29) is 5.56 Å². The summed E-state index contributed by atoms with van der Waals surface area (Å²) in [5.74, 6) is 0.283. The van der Waals surface area contributed by atoms with E-state index in [0.29, 0.717) is 10.9 Å². The SMILES string of the molecule is O=C(O)c1cnccc1NCC1CCCCS1. The first-order chi connectivity index (χ1) is 8.27. The zero-order valence-corrected chi connectivity index (χ0v) is 10.4. The summed E-state index contributed by atoms with van der Waals surface area (Å²) < 4.78 is 0. The number of hydrogen-bond donors (Lipinski definition) is 2. The molecular weight excluding hydrogens is 236 g/mol. The van der Waals surface area contributed by atoms with E-state index in [0.717, 1.165) is 6.54 Å². The van der Waals surface area contributed by atoms with Gasteiger partial charge in [0, 0.05) is 24.2 Å². The van der Waals surface area contributed by atoms with Gasteiger partial charge in [-0.05, 0) is 24.7 Å². The Morgan fingerprint density at radius 2 is 2.47 bits per heavy atom. The first kappa shape index (κ1) is 12.2. The molecule has 0 aromatic carbocycles. The lowest BCUT2D eigenvalue weighted by Gasteiger charge is -2.22. The van der Waals surface area contributed by atoms with Gasteiger partial charge in [-0.1, -0.05) is 6.42 Å². The number of hydrogen-bond acceptors (Lipinski definition) is 4. The molecule has 1 aliphatic rings. The average Bonchev–Trinajstić information content (AvgIpc) is 2.38. The van der Waals surface area contributed by atoms with Gasteiger partial charge in [0.15, 0.2) is 0 Å². The van der Waals surface area contributed by atoms with Crippen molar-refractivity contribution in [2.24, 2.45) is 0 Å². The maximum absolute atomic E-state index is 11.0. The number of nitrogens with one attached hydrogen (secondary N) is 1. The number of rotatable bonds is 4. The zero-order chi connectivity index (χ0) is 12.1. The van der Waals surface area contributed by atoms with E-state index in [1.54, 1.807) is 12.3 Å². The molecule has 0 saturated carbocycles. The fraction of sp³-hybridized carbons (Fsp3) is 0.500. The lowest BCUT2D eigenvalue weighted by Crippen LogP contribution is -2.21. The molecule has 1 aliphatic heterocycles. The van der Waals surface area contributed by atoms with Crippen LogP contribution in [0.3, 0.4) is 0 Å². The van der Waals surface area contributed by atoms with Crippen LogP contribution in [0.25, 0.3) is 0 Å². The quantitative estimate of drug-likeness (QED) is 0.862. The number of carboxylic acid groups (broad SMARTS) is 1. The monoisotopic (exact) mass is 252 g/mol. The number of aromatic carboxylic acids is 1. The van der Waals surface area contributed by atoms with Gasteiger partial charge in [-0.25, -0.2) is 4.79 Å². The average molecular weight is 252 g/mol. The Labute approximate surface area is 105 Å². The number of pyridine rings is 1. The van der Waals surface area contributed by atoms with E-state index in [4.69, 9.17) is 5.11 Å². The van der Waals surface area contributed by atoms with Gasteiger partial charge in [-0.2, -0.15) is 11.8 Å². The fourth-order valence-corrected chi connectivity index (χ4v) is 3.15. The molecule has 0 spiro atoms. The first-order valence-corrected chi connectivity index (χ1v) is 6.85. The number of thioether (sulfide) groups is 1. The molecule has 0 radical (unpaired) electrons. The van der Waals surface area contributed by atoms with Gasteiger partial charge in [0.05, 0.1) is 5.69 Å². The number of aromatic nitrogens is 1. The van der Waals surface area contributed by atoms with Crippen LogP contribution < -0.4 is 5.32 Å². The highest BCUT2D eigenvalue weighted by molar-refractivity contribution is 7.99. The molecule has 0 aliphatic carbocycles. The van der Waals surface area contributed by atoms with Crippen molar-refractivity contribution in [3.05, 3.63) is 24.0 Å². The van der Waals surface area contributed by atoms with Crippen LogP contribution in [-0.4, -0.2) is 33.6 Å². The van der Waals surface area contributed by atoms with Crippen LogP contribution >= 0.6 is 11.8 Å². The Morgan fingerprint density at radius 3 is 3.18 bits per heavy atom. The third kappa shape index (κ3) is 3.36. The molecule has 2 N–H and O–H groups in total. The second-order valence-electron chi connectivity index (χ2n) is 4.10. The standard InChI is InChI=1S/C12H16N2O2S/c15-12(16)10-8-13-5-4-11(10)14-7-9-3-1-2-6-17-9/h4-5,8-9H,1-3,6-7H2,(H,13,14)(H,15,16). The molecule has 1 fully saturated rings. The summed E-state index contributed by atoms with van der Waals surface area (Å²) in [6, 6.07) is 1.72. The minimum atomic E-state index is -0.933. The van der Waals surface area contributed by atoms with Gasteiger partial charge in [0.25, 0.3) is 0 Å². The van der Waals surface area contributed by atoms with Crippen molar-refractivity contribution in [1.82, 2.24) is 4.98 Å². The Kier molecular flexibility index (Phi) is 4.25. The molecule has 92 valence electrons. The van der Waals surface area contributed by atoms with Crippen LogP contribution in [0, 0.1) is 0 Å². The predicted octanol–water partition coefficient (Wildman–Crippen LogP) is 2.48. The molecule has 1 atom stereocenters. The Hall–Kier alpha value is -1.23. The Morgan fingerprint density at radius 1 is 1.59 bits per heavy atom. The summed E-state index contributed by atoms with van der Waals surface area (Å²) in [5.41, 5.74) is 0.909. The highest BCUT2D eigenvalue weighted by Gasteiger charge is 2.15. The molecule has 0 bridgehead atoms. The van der Waals surface area contributed by atoms with Gasteiger partial charge in [0.1, 0.15) is 5.56 Å². The highest BCUT2D eigenvalue weighted by Crippen LogP contribution is 2.25. The van der Waals surface area contributed by atoms with E-state index < -0.39 is 5.97 Å². The topological polar surface area (TPSA) is 62.2 Å². The number of carboxylic acids is 1. The van der Waals surface area contributed by atoms with Gasteiger partial charge >= 0.3 is 5.97 Å². The second-order valence-corrected chi connectivity index (χ2v) is 5.50. The van der Waals surface area contributed by atoms with Crippen molar-refractivity contribution < 1.29 is 9.90 Å². The van der Waals surface area contributed by atoms with Crippen molar-refractivity contribution in [3.8, 4) is 0 Å². The van der Waals surface area contributed by atoms with Gasteiger partial charge in [-0.15, -0.1) is 0 Å². The molecule has 0 amide bonds. The molecule has 1 aromatic heterocycles. The van der Waals surface area contributed by atoms with E-state index in [1.807, 2.05) is 11.8 Å². The fourth-order valence-electron chi connectivity index (χ4n) is 1.91. The van der Waals surface area contributed by atoms with E-state index in [9.17, 15) is 4.79 Å². The Balaban J connectivity index is 1.96. The molecule has 1 saturated heterocycles. The molecule has 1 aromatic rings. The molecule has 17 heavy (non-hydrogen) atoms. The summed E-state index contributed by atoms with van der Waals surface area (Å²) >= 11 is 1.97. The van der Waals surface area contributed by atoms with Crippen LogP contribution in [0.2, 0.25) is 0 Å². The van der Waals surface area contributed by atoms with Crippen molar-refractivity contribution >= 4 is 23.4 Å². The van der Waals surface area contributed by atoms with E-state index >= 15 is 0 Å². The summed E-state index contributed by atoms with van der Waals surface area (Å²) in [5, 5.41) is 12.8. The van der Waals surface area contributed by atoms with Crippen molar-refractivity contribution in [1.29, 1.82) is 0 Å². The molecular formula is C12H16N2O2S. The van der Waals surface area contributed by atoms with Gasteiger partial charge < -0.3 is 10.4 Å².